The second kappa shape index (κ2) is 10.4. The Kier molecular flexibility index (Phi) is 7.06. The number of nitrogens with one attached hydrogen (secondary N) is 1. The lowest BCUT2D eigenvalue weighted by molar-refractivity contribution is -0.158. The second-order valence-electron chi connectivity index (χ2n) is 13.0. The maximum atomic E-state index is 14.1. The molecule has 2 aromatic carbocycles. The van der Waals surface area contributed by atoms with Crippen LogP contribution in [0.2, 0.25) is 0 Å². The van der Waals surface area contributed by atoms with Gasteiger partial charge in [0.2, 0.25) is 5.91 Å². The number of anilines is 2. The number of fused-ring (bicyclic) bond motifs is 1. The van der Waals surface area contributed by atoms with Gasteiger partial charge >= 0.3 is 5.97 Å². The van der Waals surface area contributed by atoms with Gasteiger partial charge < -0.3 is 20.7 Å². The highest BCUT2D eigenvalue weighted by Gasteiger charge is 2.55. The Labute approximate surface area is 238 Å². The third kappa shape index (κ3) is 4.66. The van der Waals surface area contributed by atoms with Crippen LogP contribution in [0, 0.1) is 30.1 Å². The largest absolute Gasteiger partial charge is 0.481 e. The van der Waals surface area contributed by atoms with E-state index in [0.717, 1.165) is 84.5 Å². The fraction of sp³-hybridized carbons (Fsp3) is 0.576. The Hall–Kier alpha value is -3.06. The van der Waals surface area contributed by atoms with Crippen LogP contribution in [0.4, 0.5) is 11.4 Å². The van der Waals surface area contributed by atoms with Gasteiger partial charge in [-0.05, 0) is 110 Å². The molecule has 7 rings (SSSR count). The van der Waals surface area contributed by atoms with Crippen LogP contribution in [0.5, 0.6) is 0 Å². The molecule has 1 heterocycles. The van der Waals surface area contributed by atoms with Gasteiger partial charge in [-0.3, -0.25) is 9.59 Å². The number of benzene rings is 2. The summed E-state index contributed by atoms with van der Waals surface area (Å²) in [6.07, 6.45) is 8.09. The Morgan fingerprint density at radius 2 is 1.77 bits per heavy atom. The van der Waals surface area contributed by atoms with Crippen molar-refractivity contribution in [1.29, 1.82) is 0 Å². The molecule has 5 aliphatic rings. The average molecular weight is 545 g/mol. The molecule has 1 amide bonds. The number of nitrogens with zero attached hydrogens (tertiary/aromatic N) is 2. The summed E-state index contributed by atoms with van der Waals surface area (Å²) in [5, 5.41) is 11.9. The number of rotatable bonds is 8. The molecule has 0 spiro atoms. The molecule has 4 saturated carbocycles. The van der Waals surface area contributed by atoms with Crippen LogP contribution in [0.15, 0.2) is 30.3 Å². The zero-order valence-electron chi connectivity index (χ0n) is 24.2. The predicted molar refractivity (Wildman–Crippen MR) is 158 cm³/mol. The standard InChI is InChI=1S/C33H44N4O3/c1-4-37(35-3)29-8-7-27(20(2)31(29)34)28(15-30(38)39)25-6-5-24-9-10-36(19-26(24)14-25)32(40)33-16-21-11-22(17-33)13-23(12-21)18-33/h5-8,14,21-23,28,35H,4,9-13,15-19,34H2,1-3H3,(H,38,39). The SMILES string of the molecule is CCN(NC)c1ccc(C(CC(=O)O)c2ccc3c(c2)CN(C(=O)C24CC5CC(CC(C5)C2)C4)CC3)c(C)c1N. The first-order chi connectivity index (χ1) is 19.2. The Morgan fingerprint density at radius 3 is 2.38 bits per heavy atom. The van der Waals surface area contributed by atoms with Crippen LogP contribution in [0.1, 0.15) is 85.6 Å². The van der Waals surface area contributed by atoms with Gasteiger partial charge in [-0.25, -0.2) is 5.43 Å². The monoisotopic (exact) mass is 544 g/mol. The van der Waals surface area contributed by atoms with Crippen molar-refractivity contribution in [3.05, 3.63) is 58.1 Å². The Morgan fingerprint density at radius 1 is 1.10 bits per heavy atom. The summed E-state index contributed by atoms with van der Waals surface area (Å²) < 4.78 is 0. The van der Waals surface area contributed by atoms with Gasteiger partial charge in [0, 0.05) is 32.6 Å². The van der Waals surface area contributed by atoms with Crippen molar-refractivity contribution in [3.63, 3.8) is 0 Å². The van der Waals surface area contributed by atoms with Gasteiger partial charge in [0.25, 0.3) is 0 Å². The van der Waals surface area contributed by atoms with E-state index in [2.05, 4.69) is 35.4 Å². The smallest absolute Gasteiger partial charge is 0.304 e. The number of nitrogens with two attached hydrogens (primary N) is 1. The topological polar surface area (TPSA) is 98.9 Å². The Balaban J connectivity index is 1.29. The van der Waals surface area contributed by atoms with Gasteiger partial charge in [-0.2, -0.15) is 0 Å². The first kappa shape index (κ1) is 27.1. The number of carboxylic acids is 1. The molecule has 1 atom stereocenters. The summed E-state index contributed by atoms with van der Waals surface area (Å²) in [6, 6.07) is 10.4. The van der Waals surface area contributed by atoms with Crippen LogP contribution in [-0.4, -0.2) is 42.0 Å². The fourth-order valence-corrected chi connectivity index (χ4v) is 9.05. The normalized spacial score (nSPS) is 27.4. The van der Waals surface area contributed by atoms with Crippen molar-refractivity contribution >= 4 is 23.3 Å². The first-order valence-electron chi connectivity index (χ1n) is 15.2. The molecule has 0 aromatic heterocycles. The minimum Gasteiger partial charge on any atom is -0.481 e. The zero-order chi connectivity index (χ0) is 28.2. The fourth-order valence-electron chi connectivity index (χ4n) is 9.05. The molecule has 1 aliphatic heterocycles. The minimum atomic E-state index is -0.839. The summed E-state index contributed by atoms with van der Waals surface area (Å²) in [5.41, 5.74) is 16.4. The molecule has 40 heavy (non-hydrogen) atoms. The number of carbonyl (C=O) groups is 2. The molecular weight excluding hydrogens is 500 g/mol. The lowest BCUT2D eigenvalue weighted by Gasteiger charge is -2.56. The van der Waals surface area contributed by atoms with Gasteiger partial charge in [0.15, 0.2) is 0 Å². The van der Waals surface area contributed by atoms with E-state index in [-0.39, 0.29) is 17.8 Å². The summed E-state index contributed by atoms with van der Waals surface area (Å²) in [4.78, 5) is 28.3. The molecule has 7 heteroatoms. The highest BCUT2D eigenvalue weighted by atomic mass is 16.4. The molecule has 1 unspecified atom stereocenters. The van der Waals surface area contributed by atoms with E-state index in [1.807, 2.05) is 31.1 Å². The van der Waals surface area contributed by atoms with Gasteiger partial charge in [0.1, 0.15) is 0 Å². The number of amides is 1. The van der Waals surface area contributed by atoms with Gasteiger partial charge in [0.05, 0.1) is 23.2 Å². The number of nitrogen functional groups attached to an aromatic ring is 1. The van der Waals surface area contributed by atoms with E-state index < -0.39 is 5.97 Å². The van der Waals surface area contributed by atoms with Crippen molar-refractivity contribution < 1.29 is 14.7 Å². The number of hydrazine groups is 1. The van der Waals surface area contributed by atoms with Crippen LogP contribution in [0.3, 0.4) is 0 Å². The maximum Gasteiger partial charge on any atom is 0.304 e. The van der Waals surface area contributed by atoms with Crippen molar-refractivity contribution in [2.75, 3.05) is 30.9 Å². The first-order valence-corrected chi connectivity index (χ1v) is 15.2. The average Bonchev–Trinajstić information content (AvgIpc) is 2.93. The lowest BCUT2D eigenvalue weighted by atomic mass is 9.49. The van der Waals surface area contributed by atoms with Crippen LogP contribution < -0.4 is 16.2 Å². The third-order valence-electron chi connectivity index (χ3n) is 10.6. The molecular formula is C33H44N4O3. The van der Waals surface area contributed by atoms with E-state index in [0.29, 0.717) is 18.1 Å². The molecule has 4 fully saturated rings. The lowest BCUT2D eigenvalue weighted by Crippen LogP contribution is -2.55. The number of hydrogen-bond acceptors (Lipinski definition) is 5. The summed E-state index contributed by atoms with van der Waals surface area (Å²) in [5.74, 6) is 1.46. The molecule has 4 aliphatic carbocycles. The van der Waals surface area contributed by atoms with Crippen LogP contribution >= 0.6 is 0 Å². The third-order valence-corrected chi connectivity index (χ3v) is 10.6. The number of carbonyl (C=O) groups excluding carboxylic acids is 1. The number of carboxylic acid groups (broad SMARTS) is 1. The predicted octanol–water partition coefficient (Wildman–Crippen LogP) is 5.25. The van der Waals surface area contributed by atoms with Crippen LogP contribution in [0.25, 0.3) is 0 Å². The Bertz CT molecular complexity index is 1280. The minimum absolute atomic E-state index is 0.0160. The molecule has 4 N–H and O–H groups in total. The van der Waals surface area contributed by atoms with E-state index in [1.165, 1.54) is 24.8 Å². The quantitative estimate of drug-likeness (QED) is 0.310. The molecule has 214 valence electrons. The molecule has 7 nitrogen and oxygen atoms in total. The summed E-state index contributed by atoms with van der Waals surface area (Å²) >= 11 is 0. The van der Waals surface area contributed by atoms with E-state index in [9.17, 15) is 14.7 Å². The summed E-state index contributed by atoms with van der Waals surface area (Å²) in [7, 11) is 1.86. The van der Waals surface area contributed by atoms with E-state index in [1.54, 1.807) is 0 Å². The van der Waals surface area contributed by atoms with Gasteiger partial charge in [-0.15, -0.1) is 0 Å². The number of aliphatic carboxylic acids is 1. The van der Waals surface area contributed by atoms with E-state index in [4.69, 9.17) is 5.73 Å². The number of hydrogen-bond donors (Lipinski definition) is 3. The molecule has 4 bridgehead atoms. The summed E-state index contributed by atoms with van der Waals surface area (Å²) in [6.45, 7) is 6.19. The molecule has 0 radical (unpaired) electrons. The maximum absolute atomic E-state index is 14.1. The van der Waals surface area contributed by atoms with Crippen molar-refractivity contribution in [3.8, 4) is 0 Å². The molecule has 2 aromatic rings. The highest BCUT2D eigenvalue weighted by molar-refractivity contribution is 5.83. The second-order valence-corrected chi connectivity index (χ2v) is 13.0. The molecule has 0 saturated heterocycles. The van der Waals surface area contributed by atoms with Crippen molar-refractivity contribution in [2.45, 2.75) is 77.7 Å². The highest BCUT2D eigenvalue weighted by Crippen LogP contribution is 2.60. The van der Waals surface area contributed by atoms with Crippen molar-refractivity contribution in [1.82, 2.24) is 10.3 Å². The van der Waals surface area contributed by atoms with Crippen molar-refractivity contribution in [2.24, 2.45) is 23.2 Å². The van der Waals surface area contributed by atoms with Crippen LogP contribution in [-0.2, 0) is 22.6 Å². The van der Waals surface area contributed by atoms with E-state index >= 15 is 0 Å². The van der Waals surface area contributed by atoms with Gasteiger partial charge in [-0.1, -0.05) is 24.3 Å². The zero-order valence-corrected chi connectivity index (χ0v) is 24.2.